The first kappa shape index (κ1) is 12.5. The summed E-state index contributed by atoms with van der Waals surface area (Å²) in [5, 5.41) is 22.0. The highest BCUT2D eigenvalue weighted by Gasteiger charge is 2.47. The number of aliphatic hydroxyl groups is 1. The van der Waals surface area contributed by atoms with E-state index in [1.165, 1.54) is 6.07 Å². The van der Waals surface area contributed by atoms with Gasteiger partial charge >= 0.3 is 0 Å². The van der Waals surface area contributed by atoms with Crippen LogP contribution in [0.4, 0.5) is 0 Å². The van der Waals surface area contributed by atoms with Crippen molar-refractivity contribution in [2.75, 3.05) is 6.79 Å². The van der Waals surface area contributed by atoms with Crippen LogP contribution >= 0.6 is 0 Å². The third kappa shape index (κ3) is 1.43. The molecule has 0 spiro atoms. The van der Waals surface area contributed by atoms with Crippen LogP contribution in [0.5, 0.6) is 17.2 Å². The van der Waals surface area contributed by atoms with Crippen molar-refractivity contribution in [2.45, 2.75) is 5.60 Å². The summed E-state index contributed by atoms with van der Waals surface area (Å²) in [5.41, 5.74) is 0.265. The second-order valence-corrected chi connectivity index (χ2v) is 5.57. The first-order valence-corrected chi connectivity index (χ1v) is 7.19. The summed E-state index contributed by atoms with van der Waals surface area (Å²) in [4.78, 5) is 4.31. The smallest absolute Gasteiger partial charge is 0.231 e. The van der Waals surface area contributed by atoms with Gasteiger partial charge in [0.2, 0.25) is 6.79 Å². The third-order valence-electron chi connectivity index (χ3n) is 4.40. The van der Waals surface area contributed by atoms with Gasteiger partial charge in [0, 0.05) is 29.6 Å². The van der Waals surface area contributed by atoms with Crippen molar-refractivity contribution in [1.82, 2.24) is 9.55 Å². The Bertz CT molecular complexity index is 950. The maximum atomic E-state index is 11.5. The van der Waals surface area contributed by atoms with Crippen molar-refractivity contribution < 1.29 is 19.7 Å². The van der Waals surface area contributed by atoms with E-state index in [2.05, 4.69) is 4.98 Å². The van der Waals surface area contributed by atoms with Gasteiger partial charge in [0.15, 0.2) is 22.9 Å². The molecule has 2 aromatic carbocycles. The van der Waals surface area contributed by atoms with Crippen molar-refractivity contribution in [1.29, 1.82) is 0 Å². The average Bonchev–Trinajstić information content (AvgIpc) is 3.25. The molecule has 0 radical (unpaired) electrons. The summed E-state index contributed by atoms with van der Waals surface area (Å²) < 4.78 is 12.5. The molecular formula is C17H12N2O4. The highest BCUT2D eigenvalue weighted by atomic mass is 16.7. The Morgan fingerprint density at radius 3 is 2.74 bits per heavy atom. The maximum Gasteiger partial charge on any atom is 0.231 e. The lowest BCUT2D eigenvalue weighted by atomic mass is 9.86. The van der Waals surface area contributed by atoms with Crippen LogP contribution < -0.4 is 9.47 Å². The van der Waals surface area contributed by atoms with E-state index in [4.69, 9.17) is 9.47 Å². The molecule has 0 amide bonds. The van der Waals surface area contributed by atoms with E-state index in [9.17, 15) is 10.2 Å². The number of ether oxygens (including phenoxy) is 2. The van der Waals surface area contributed by atoms with E-state index in [-0.39, 0.29) is 12.5 Å². The van der Waals surface area contributed by atoms with Crippen molar-refractivity contribution in [3.63, 3.8) is 0 Å². The lowest BCUT2D eigenvalue weighted by Gasteiger charge is -2.24. The number of aromatic nitrogens is 2. The summed E-state index contributed by atoms with van der Waals surface area (Å²) >= 11 is 0. The van der Waals surface area contributed by atoms with E-state index in [1.807, 2.05) is 28.8 Å². The van der Waals surface area contributed by atoms with E-state index >= 15 is 0 Å². The largest absolute Gasteiger partial charge is 0.507 e. The van der Waals surface area contributed by atoms with Crippen molar-refractivity contribution in [3.8, 4) is 22.9 Å². The number of hydrogen-bond donors (Lipinski definition) is 2. The number of phenols is 1. The lowest BCUT2D eigenvalue weighted by Crippen LogP contribution is -2.27. The molecule has 2 N–H and O–H groups in total. The molecule has 0 aliphatic carbocycles. The van der Waals surface area contributed by atoms with Gasteiger partial charge in [0.05, 0.1) is 5.69 Å². The van der Waals surface area contributed by atoms with Gasteiger partial charge in [0.1, 0.15) is 5.75 Å². The Morgan fingerprint density at radius 1 is 1.09 bits per heavy atom. The van der Waals surface area contributed by atoms with Crippen molar-refractivity contribution in [3.05, 3.63) is 65.7 Å². The van der Waals surface area contributed by atoms with Crippen LogP contribution in [0.25, 0.3) is 5.69 Å². The number of imidazole rings is 1. The highest BCUT2D eigenvalue weighted by molar-refractivity contribution is 5.64. The van der Waals surface area contributed by atoms with Gasteiger partial charge in [-0.25, -0.2) is 4.98 Å². The zero-order chi connectivity index (χ0) is 15.6. The van der Waals surface area contributed by atoms with E-state index < -0.39 is 5.60 Å². The Morgan fingerprint density at radius 2 is 1.87 bits per heavy atom. The fourth-order valence-electron chi connectivity index (χ4n) is 3.36. The van der Waals surface area contributed by atoms with Gasteiger partial charge in [-0.15, -0.1) is 0 Å². The molecule has 1 unspecified atom stereocenters. The summed E-state index contributed by atoms with van der Waals surface area (Å²) in [6.45, 7) is 0.0991. The zero-order valence-electron chi connectivity index (χ0n) is 11.9. The summed E-state index contributed by atoms with van der Waals surface area (Å²) in [5.74, 6) is 1.33. The maximum absolute atomic E-state index is 11.5. The minimum atomic E-state index is -1.55. The molecule has 0 bridgehead atoms. The van der Waals surface area contributed by atoms with Gasteiger partial charge in [-0.05, 0) is 12.1 Å². The number of para-hydroxylation sites is 1. The van der Waals surface area contributed by atoms with Crippen LogP contribution in [0.1, 0.15) is 17.0 Å². The monoisotopic (exact) mass is 308 g/mol. The van der Waals surface area contributed by atoms with E-state index in [0.717, 1.165) is 5.69 Å². The SMILES string of the molecule is Oc1cc2c(cc1C1(O)c3ccccc3-n3ccnc31)OCO2. The molecular weight excluding hydrogens is 296 g/mol. The standard InChI is InChI=1S/C17H12N2O4/c20-13-8-15-14(22-9-23-15)7-11(13)17(21)10-3-1-2-4-12(10)19-6-5-18-16(17)19/h1-8,20-21H,9H2. The number of hydrogen-bond acceptors (Lipinski definition) is 5. The van der Waals surface area contributed by atoms with E-state index in [0.29, 0.717) is 28.5 Å². The molecule has 2 aliphatic rings. The minimum absolute atomic E-state index is 0.0667. The lowest BCUT2D eigenvalue weighted by molar-refractivity contribution is 0.119. The molecule has 6 nitrogen and oxygen atoms in total. The Hall–Kier alpha value is -2.99. The molecule has 6 heteroatoms. The second-order valence-electron chi connectivity index (χ2n) is 5.57. The molecule has 2 aliphatic heterocycles. The zero-order valence-corrected chi connectivity index (χ0v) is 11.9. The molecule has 5 rings (SSSR count). The molecule has 3 aromatic rings. The predicted octanol–water partition coefficient (Wildman–Crippen LogP) is 1.90. The van der Waals surface area contributed by atoms with Crippen LogP contribution in [-0.2, 0) is 5.60 Å². The Kier molecular flexibility index (Phi) is 2.21. The third-order valence-corrected chi connectivity index (χ3v) is 4.40. The summed E-state index contributed by atoms with van der Waals surface area (Å²) in [6, 6.07) is 10.5. The fraction of sp³-hybridized carbons (Fsp3) is 0.118. The van der Waals surface area contributed by atoms with Gasteiger partial charge in [-0.1, -0.05) is 18.2 Å². The molecule has 1 aromatic heterocycles. The molecule has 23 heavy (non-hydrogen) atoms. The number of nitrogens with zero attached hydrogens (tertiary/aromatic N) is 2. The number of rotatable bonds is 1. The van der Waals surface area contributed by atoms with Gasteiger partial charge in [0.25, 0.3) is 0 Å². The van der Waals surface area contributed by atoms with Crippen LogP contribution in [0.15, 0.2) is 48.8 Å². The van der Waals surface area contributed by atoms with Crippen molar-refractivity contribution in [2.24, 2.45) is 0 Å². The van der Waals surface area contributed by atoms with Crippen molar-refractivity contribution >= 4 is 0 Å². The molecule has 0 fully saturated rings. The number of benzene rings is 2. The number of fused-ring (bicyclic) bond motifs is 4. The Labute approximate surface area is 131 Å². The molecule has 0 saturated carbocycles. The second kappa shape index (κ2) is 4.05. The van der Waals surface area contributed by atoms with Crippen LogP contribution in [0, 0.1) is 0 Å². The topological polar surface area (TPSA) is 76.7 Å². The van der Waals surface area contributed by atoms with Crippen LogP contribution in [0.3, 0.4) is 0 Å². The van der Waals surface area contributed by atoms with Crippen LogP contribution in [0.2, 0.25) is 0 Å². The van der Waals surface area contributed by atoms with Gasteiger partial charge < -0.3 is 24.3 Å². The summed E-state index contributed by atoms with van der Waals surface area (Å²) in [7, 11) is 0. The molecule has 0 saturated heterocycles. The average molecular weight is 308 g/mol. The normalized spacial score (nSPS) is 20.4. The molecule has 114 valence electrons. The quantitative estimate of drug-likeness (QED) is 0.718. The first-order chi connectivity index (χ1) is 11.2. The number of phenolic OH excluding ortho intramolecular Hbond substituents is 1. The van der Waals surface area contributed by atoms with Crippen LogP contribution in [-0.4, -0.2) is 26.6 Å². The van der Waals surface area contributed by atoms with Gasteiger partial charge in [-0.3, -0.25) is 0 Å². The first-order valence-electron chi connectivity index (χ1n) is 7.19. The van der Waals surface area contributed by atoms with E-state index in [1.54, 1.807) is 18.5 Å². The Balaban J connectivity index is 1.84. The summed E-state index contributed by atoms with van der Waals surface area (Å²) in [6.07, 6.45) is 3.41. The molecule has 1 atom stereocenters. The predicted molar refractivity (Wildman–Crippen MR) is 79.9 cm³/mol. The van der Waals surface area contributed by atoms with Gasteiger partial charge in [-0.2, -0.15) is 0 Å². The molecule has 3 heterocycles. The number of aromatic hydroxyl groups is 1. The fourth-order valence-corrected chi connectivity index (χ4v) is 3.36. The highest BCUT2D eigenvalue weighted by Crippen LogP contribution is 2.50. The minimum Gasteiger partial charge on any atom is -0.507 e.